The number of benzene rings is 1. The van der Waals surface area contributed by atoms with Gasteiger partial charge in [0.1, 0.15) is 5.75 Å². The number of hydrogen-bond acceptors (Lipinski definition) is 4. The Labute approximate surface area is 124 Å². The fraction of sp³-hybridized carbons (Fsp3) is 0.467. The SMILES string of the molecule is Cc1cc(C)c(OCc2nnc(CCCCl)o2)c(C)c1. The van der Waals surface area contributed by atoms with Crippen LogP contribution in [-0.4, -0.2) is 16.1 Å². The summed E-state index contributed by atoms with van der Waals surface area (Å²) >= 11 is 5.63. The van der Waals surface area contributed by atoms with Crippen molar-refractivity contribution in [1.29, 1.82) is 0 Å². The van der Waals surface area contributed by atoms with E-state index in [4.69, 9.17) is 20.8 Å². The molecule has 0 radical (unpaired) electrons. The predicted molar refractivity (Wildman–Crippen MR) is 78.3 cm³/mol. The van der Waals surface area contributed by atoms with Crippen molar-refractivity contribution in [1.82, 2.24) is 10.2 Å². The van der Waals surface area contributed by atoms with Crippen LogP contribution in [-0.2, 0) is 13.0 Å². The second-order valence-corrected chi connectivity index (χ2v) is 5.28. The minimum absolute atomic E-state index is 0.290. The summed E-state index contributed by atoms with van der Waals surface area (Å²) in [6.45, 7) is 6.44. The fourth-order valence-corrected chi connectivity index (χ4v) is 2.33. The molecule has 0 N–H and O–H groups in total. The largest absolute Gasteiger partial charge is 0.483 e. The quantitative estimate of drug-likeness (QED) is 0.761. The first kappa shape index (κ1) is 14.9. The molecule has 4 nitrogen and oxygen atoms in total. The second kappa shape index (κ2) is 6.75. The van der Waals surface area contributed by atoms with Gasteiger partial charge in [-0.3, -0.25) is 0 Å². The zero-order valence-electron chi connectivity index (χ0n) is 12.1. The Morgan fingerprint density at radius 1 is 1.10 bits per heavy atom. The van der Waals surface area contributed by atoms with Crippen molar-refractivity contribution in [3.8, 4) is 5.75 Å². The highest BCUT2D eigenvalue weighted by atomic mass is 35.5. The molecule has 1 aromatic heterocycles. The van der Waals surface area contributed by atoms with E-state index >= 15 is 0 Å². The second-order valence-electron chi connectivity index (χ2n) is 4.90. The van der Waals surface area contributed by atoms with Gasteiger partial charge in [0.15, 0.2) is 6.61 Å². The third-order valence-corrected chi connectivity index (χ3v) is 3.24. The van der Waals surface area contributed by atoms with Gasteiger partial charge in [0, 0.05) is 12.3 Å². The number of hydrogen-bond donors (Lipinski definition) is 0. The number of ether oxygens (including phenoxy) is 1. The molecule has 5 heteroatoms. The van der Waals surface area contributed by atoms with Gasteiger partial charge in [0.25, 0.3) is 5.89 Å². The van der Waals surface area contributed by atoms with Crippen LogP contribution in [0.2, 0.25) is 0 Å². The first-order valence-corrected chi connectivity index (χ1v) is 7.21. The van der Waals surface area contributed by atoms with Crippen LogP contribution in [0, 0.1) is 20.8 Å². The number of aromatic nitrogens is 2. The van der Waals surface area contributed by atoms with Crippen LogP contribution >= 0.6 is 11.6 Å². The highest BCUT2D eigenvalue weighted by molar-refractivity contribution is 6.17. The van der Waals surface area contributed by atoms with Crippen LogP contribution in [0.3, 0.4) is 0 Å². The van der Waals surface area contributed by atoms with Crippen LogP contribution in [0.25, 0.3) is 0 Å². The molecule has 20 heavy (non-hydrogen) atoms. The molecule has 0 spiro atoms. The summed E-state index contributed by atoms with van der Waals surface area (Å²) < 4.78 is 11.3. The topological polar surface area (TPSA) is 48.2 Å². The molecule has 0 saturated carbocycles. The van der Waals surface area contributed by atoms with E-state index in [1.807, 2.05) is 13.8 Å². The first-order valence-electron chi connectivity index (χ1n) is 6.68. The Balaban J connectivity index is 2.00. The third kappa shape index (κ3) is 3.73. The summed E-state index contributed by atoms with van der Waals surface area (Å²) in [6.07, 6.45) is 1.54. The van der Waals surface area contributed by atoms with Crippen molar-refractivity contribution >= 4 is 11.6 Å². The van der Waals surface area contributed by atoms with Gasteiger partial charge in [0.2, 0.25) is 5.89 Å². The van der Waals surface area contributed by atoms with Crippen LogP contribution in [0.5, 0.6) is 5.75 Å². The molecule has 2 rings (SSSR count). The van der Waals surface area contributed by atoms with Crippen LogP contribution in [0.4, 0.5) is 0 Å². The Bertz CT molecular complexity index is 558. The predicted octanol–water partition coefficient (Wildman–Crippen LogP) is 3.75. The van der Waals surface area contributed by atoms with E-state index in [2.05, 4.69) is 29.3 Å². The molecule has 0 amide bonds. The third-order valence-electron chi connectivity index (χ3n) is 2.98. The summed E-state index contributed by atoms with van der Waals surface area (Å²) in [5.74, 6) is 2.59. The summed E-state index contributed by atoms with van der Waals surface area (Å²) in [6, 6.07) is 4.20. The van der Waals surface area contributed by atoms with Gasteiger partial charge in [-0.2, -0.15) is 0 Å². The van der Waals surface area contributed by atoms with Crippen molar-refractivity contribution in [2.45, 2.75) is 40.2 Å². The summed E-state index contributed by atoms with van der Waals surface area (Å²) in [7, 11) is 0. The average Bonchev–Trinajstić information content (AvgIpc) is 2.83. The smallest absolute Gasteiger partial charge is 0.253 e. The molecule has 0 bridgehead atoms. The Hall–Kier alpha value is -1.55. The molecule has 1 heterocycles. The van der Waals surface area contributed by atoms with Gasteiger partial charge >= 0.3 is 0 Å². The molecule has 0 atom stereocenters. The molecular formula is C15H19ClN2O2. The minimum Gasteiger partial charge on any atom is -0.483 e. The van der Waals surface area contributed by atoms with Gasteiger partial charge in [-0.25, -0.2) is 0 Å². The van der Waals surface area contributed by atoms with Gasteiger partial charge in [-0.1, -0.05) is 17.7 Å². The summed E-state index contributed by atoms with van der Waals surface area (Å²) in [5.41, 5.74) is 3.46. The summed E-state index contributed by atoms with van der Waals surface area (Å²) in [5, 5.41) is 7.95. The molecule has 1 aromatic carbocycles. The van der Waals surface area contributed by atoms with E-state index in [1.54, 1.807) is 0 Å². The Kier molecular flexibility index (Phi) is 5.01. The molecule has 0 saturated heterocycles. The van der Waals surface area contributed by atoms with Crippen molar-refractivity contribution in [2.24, 2.45) is 0 Å². The zero-order valence-corrected chi connectivity index (χ0v) is 12.8. The molecule has 0 aliphatic heterocycles. The zero-order chi connectivity index (χ0) is 14.5. The van der Waals surface area contributed by atoms with Gasteiger partial charge < -0.3 is 9.15 Å². The van der Waals surface area contributed by atoms with Crippen LogP contribution in [0.1, 0.15) is 34.9 Å². The maximum absolute atomic E-state index is 5.80. The van der Waals surface area contributed by atoms with Crippen LogP contribution < -0.4 is 4.74 Å². The van der Waals surface area contributed by atoms with E-state index in [9.17, 15) is 0 Å². The van der Waals surface area contributed by atoms with Gasteiger partial charge in [0.05, 0.1) is 0 Å². The summed E-state index contributed by atoms with van der Waals surface area (Å²) in [4.78, 5) is 0. The molecule has 0 fully saturated rings. The van der Waals surface area contributed by atoms with E-state index in [0.717, 1.165) is 23.3 Å². The lowest BCUT2D eigenvalue weighted by Gasteiger charge is -2.11. The van der Waals surface area contributed by atoms with Crippen molar-refractivity contribution in [3.63, 3.8) is 0 Å². The standard InChI is InChI=1S/C15H19ClN2O2/c1-10-7-11(2)15(12(3)8-10)19-9-14-18-17-13(20-14)5-4-6-16/h7-8H,4-6,9H2,1-3H3. The normalized spacial score (nSPS) is 10.8. The molecular weight excluding hydrogens is 276 g/mol. The van der Waals surface area contributed by atoms with Gasteiger partial charge in [-0.05, 0) is 38.3 Å². The number of halogens is 1. The maximum atomic E-state index is 5.80. The molecule has 0 aliphatic carbocycles. The Morgan fingerprint density at radius 3 is 2.40 bits per heavy atom. The molecule has 0 unspecified atom stereocenters. The van der Waals surface area contributed by atoms with E-state index in [-0.39, 0.29) is 0 Å². The number of rotatable bonds is 6. The monoisotopic (exact) mass is 294 g/mol. The molecule has 2 aromatic rings. The number of aryl methyl sites for hydroxylation is 4. The minimum atomic E-state index is 0.290. The number of nitrogens with zero attached hydrogens (tertiary/aromatic N) is 2. The van der Waals surface area contributed by atoms with Gasteiger partial charge in [-0.15, -0.1) is 21.8 Å². The van der Waals surface area contributed by atoms with Crippen molar-refractivity contribution < 1.29 is 9.15 Å². The average molecular weight is 295 g/mol. The highest BCUT2D eigenvalue weighted by Gasteiger charge is 2.09. The van der Waals surface area contributed by atoms with Crippen LogP contribution in [0.15, 0.2) is 16.5 Å². The van der Waals surface area contributed by atoms with Crippen molar-refractivity contribution in [3.05, 3.63) is 40.6 Å². The first-order chi connectivity index (χ1) is 9.60. The molecule has 0 aliphatic rings. The van der Waals surface area contributed by atoms with E-state index < -0.39 is 0 Å². The lowest BCUT2D eigenvalue weighted by Crippen LogP contribution is -1.99. The lowest BCUT2D eigenvalue weighted by atomic mass is 10.1. The van der Waals surface area contributed by atoms with Crippen molar-refractivity contribution in [2.75, 3.05) is 5.88 Å². The van der Waals surface area contributed by atoms with E-state index in [0.29, 0.717) is 30.7 Å². The number of alkyl halides is 1. The Morgan fingerprint density at radius 2 is 1.75 bits per heavy atom. The lowest BCUT2D eigenvalue weighted by molar-refractivity contribution is 0.256. The highest BCUT2D eigenvalue weighted by Crippen LogP contribution is 2.25. The van der Waals surface area contributed by atoms with E-state index in [1.165, 1.54) is 5.56 Å². The maximum Gasteiger partial charge on any atom is 0.253 e. The fourth-order valence-electron chi connectivity index (χ4n) is 2.19. The molecule has 108 valence electrons.